The van der Waals surface area contributed by atoms with Crippen molar-refractivity contribution in [2.24, 2.45) is 0 Å². The van der Waals surface area contributed by atoms with Gasteiger partial charge in [0.2, 0.25) is 5.91 Å². The summed E-state index contributed by atoms with van der Waals surface area (Å²) in [5, 5.41) is 2.73. The first-order valence-electron chi connectivity index (χ1n) is 5.19. The van der Waals surface area contributed by atoms with Crippen LogP contribution in [0.5, 0.6) is 0 Å². The van der Waals surface area contributed by atoms with Crippen molar-refractivity contribution in [1.29, 1.82) is 0 Å². The molecule has 0 saturated carbocycles. The van der Waals surface area contributed by atoms with E-state index in [9.17, 15) is 4.79 Å². The molecular formula is C10H17NO4. The molecule has 0 spiro atoms. The second kappa shape index (κ2) is 3.73. The van der Waals surface area contributed by atoms with Gasteiger partial charge in [-0.1, -0.05) is 0 Å². The lowest BCUT2D eigenvalue weighted by atomic mass is 10.1. The van der Waals surface area contributed by atoms with Gasteiger partial charge in [-0.2, -0.15) is 0 Å². The van der Waals surface area contributed by atoms with Crippen LogP contribution in [0.3, 0.4) is 0 Å². The minimum atomic E-state index is -0.534. The zero-order valence-electron chi connectivity index (χ0n) is 9.28. The molecular weight excluding hydrogens is 198 g/mol. The van der Waals surface area contributed by atoms with Crippen LogP contribution in [-0.4, -0.2) is 43.2 Å². The molecule has 2 fully saturated rings. The lowest BCUT2D eigenvalue weighted by molar-refractivity contribution is -0.174. The van der Waals surface area contributed by atoms with E-state index in [4.69, 9.17) is 14.2 Å². The third-order valence-electron chi connectivity index (χ3n) is 2.61. The highest BCUT2D eigenvalue weighted by Crippen LogP contribution is 2.34. The number of carbonyl (C=O) groups excluding carboxylic acids is 1. The fourth-order valence-electron chi connectivity index (χ4n) is 2.04. The highest BCUT2D eigenvalue weighted by atomic mass is 16.8. The van der Waals surface area contributed by atoms with E-state index in [1.165, 1.54) is 6.92 Å². The third kappa shape index (κ3) is 2.30. The molecule has 0 bridgehead atoms. The summed E-state index contributed by atoms with van der Waals surface area (Å²) in [5.41, 5.74) is 0. The molecule has 2 saturated heterocycles. The van der Waals surface area contributed by atoms with E-state index in [0.29, 0.717) is 13.2 Å². The average Bonchev–Trinajstić information content (AvgIpc) is 2.56. The summed E-state index contributed by atoms with van der Waals surface area (Å²) in [6.07, 6.45) is -0.161. The van der Waals surface area contributed by atoms with E-state index >= 15 is 0 Å². The van der Waals surface area contributed by atoms with Crippen LogP contribution in [0.4, 0.5) is 0 Å². The molecule has 15 heavy (non-hydrogen) atoms. The van der Waals surface area contributed by atoms with Crippen molar-refractivity contribution >= 4 is 5.91 Å². The smallest absolute Gasteiger partial charge is 0.216 e. The molecule has 0 aliphatic carbocycles. The van der Waals surface area contributed by atoms with Crippen molar-refractivity contribution in [1.82, 2.24) is 5.32 Å². The Kier molecular flexibility index (Phi) is 2.70. The summed E-state index contributed by atoms with van der Waals surface area (Å²) >= 11 is 0. The van der Waals surface area contributed by atoms with E-state index in [1.54, 1.807) is 0 Å². The topological polar surface area (TPSA) is 56.8 Å². The molecule has 0 radical (unpaired) electrons. The molecule has 0 aromatic carbocycles. The maximum atomic E-state index is 10.8. The summed E-state index contributed by atoms with van der Waals surface area (Å²) in [5.74, 6) is -0.589. The predicted octanol–water partition coefficient (Wildman–Crippen LogP) is 0.0414. The molecule has 2 aliphatic heterocycles. The van der Waals surface area contributed by atoms with E-state index in [1.807, 2.05) is 13.8 Å². The van der Waals surface area contributed by atoms with Crippen molar-refractivity contribution in [2.45, 2.75) is 44.9 Å². The maximum Gasteiger partial charge on any atom is 0.216 e. The molecule has 1 amide bonds. The second-order valence-electron chi connectivity index (χ2n) is 4.45. The van der Waals surface area contributed by atoms with Crippen LogP contribution >= 0.6 is 0 Å². The molecule has 2 rings (SSSR count). The fourth-order valence-corrected chi connectivity index (χ4v) is 2.04. The summed E-state index contributed by atoms with van der Waals surface area (Å²) in [7, 11) is 0. The van der Waals surface area contributed by atoms with E-state index in [0.717, 1.165) is 0 Å². The standard InChI is InChI=1S/C10H17NO4/c1-6(12)11-4-7-9-8(5-13-7)14-10(2,3)15-9/h7-9H,4-5H2,1-3H3,(H,11,12)/t7-,8-,9+/m1/s1. The molecule has 1 N–H and O–H groups in total. The van der Waals surface area contributed by atoms with Gasteiger partial charge in [0.05, 0.1) is 6.61 Å². The van der Waals surface area contributed by atoms with Gasteiger partial charge in [-0.3, -0.25) is 4.79 Å². The van der Waals surface area contributed by atoms with Gasteiger partial charge >= 0.3 is 0 Å². The average molecular weight is 215 g/mol. The van der Waals surface area contributed by atoms with E-state index in [2.05, 4.69) is 5.32 Å². The van der Waals surface area contributed by atoms with E-state index in [-0.39, 0.29) is 24.2 Å². The van der Waals surface area contributed by atoms with Gasteiger partial charge in [0.25, 0.3) is 0 Å². The van der Waals surface area contributed by atoms with Crippen molar-refractivity contribution < 1.29 is 19.0 Å². The quantitative estimate of drug-likeness (QED) is 0.706. The Balaban J connectivity index is 1.91. The molecule has 0 unspecified atom stereocenters. The number of rotatable bonds is 2. The number of nitrogens with one attached hydrogen (secondary N) is 1. The van der Waals surface area contributed by atoms with Gasteiger partial charge in [-0.05, 0) is 13.8 Å². The molecule has 0 aromatic rings. The Morgan fingerprint density at radius 2 is 2.20 bits per heavy atom. The molecule has 5 heteroatoms. The SMILES string of the molecule is CC(=O)NC[C@H]1OC[C@H]2OC(C)(C)O[C@@H]12. The number of hydrogen-bond donors (Lipinski definition) is 1. The lowest BCUT2D eigenvalue weighted by Crippen LogP contribution is -2.39. The number of ether oxygens (including phenoxy) is 3. The summed E-state index contributed by atoms with van der Waals surface area (Å²) in [6.45, 7) is 6.29. The Hall–Kier alpha value is -0.650. The second-order valence-corrected chi connectivity index (χ2v) is 4.45. The van der Waals surface area contributed by atoms with Gasteiger partial charge in [-0.15, -0.1) is 0 Å². The number of amides is 1. The van der Waals surface area contributed by atoms with Crippen molar-refractivity contribution in [3.63, 3.8) is 0 Å². The molecule has 5 nitrogen and oxygen atoms in total. The Morgan fingerprint density at radius 1 is 1.47 bits per heavy atom. The van der Waals surface area contributed by atoms with Gasteiger partial charge in [0.15, 0.2) is 5.79 Å². The molecule has 2 aliphatic rings. The van der Waals surface area contributed by atoms with Gasteiger partial charge < -0.3 is 19.5 Å². The third-order valence-corrected chi connectivity index (χ3v) is 2.61. The number of hydrogen-bond acceptors (Lipinski definition) is 4. The Labute approximate surface area is 89.1 Å². The molecule has 0 aromatic heterocycles. The highest BCUT2D eigenvalue weighted by Gasteiger charge is 2.49. The molecule has 86 valence electrons. The van der Waals surface area contributed by atoms with Crippen LogP contribution in [0.25, 0.3) is 0 Å². The molecule has 2 heterocycles. The monoisotopic (exact) mass is 215 g/mol. The van der Waals surface area contributed by atoms with Crippen molar-refractivity contribution in [3.8, 4) is 0 Å². The first-order chi connectivity index (χ1) is 6.98. The zero-order valence-corrected chi connectivity index (χ0v) is 9.28. The predicted molar refractivity (Wildman–Crippen MR) is 52.2 cm³/mol. The largest absolute Gasteiger partial charge is 0.371 e. The Morgan fingerprint density at radius 3 is 2.87 bits per heavy atom. The van der Waals surface area contributed by atoms with Crippen LogP contribution in [0.2, 0.25) is 0 Å². The van der Waals surface area contributed by atoms with Gasteiger partial charge in [0, 0.05) is 13.5 Å². The van der Waals surface area contributed by atoms with Gasteiger partial charge in [-0.25, -0.2) is 0 Å². The number of carbonyl (C=O) groups is 1. The fraction of sp³-hybridized carbons (Fsp3) is 0.900. The molecule has 3 atom stereocenters. The lowest BCUT2D eigenvalue weighted by Gasteiger charge is -2.21. The summed E-state index contributed by atoms with van der Waals surface area (Å²) < 4.78 is 16.9. The first kappa shape index (κ1) is 10.9. The van der Waals surface area contributed by atoms with Crippen molar-refractivity contribution in [3.05, 3.63) is 0 Å². The van der Waals surface area contributed by atoms with Crippen molar-refractivity contribution in [2.75, 3.05) is 13.2 Å². The van der Waals surface area contributed by atoms with E-state index < -0.39 is 5.79 Å². The zero-order chi connectivity index (χ0) is 11.1. The van der Waals surface area contributed by atoms with Crippen LogP contribution < -0.4 is 5.32 Å². The minimum absolute atomic E-state index is 0.00115. The minimum Gasteiger partial charge on any atom is -0.371 e. The van der Waals surface area contributed by atoms with Gasteiger partial charge in [0.1, 0.15) is 18.3 Å². The maximum absolute atomic E-state index is 10.8. The first-order valence-corrected chi connectivity index (χ1v) is 5.19. The Bertz CT molecular complexity index is 266. The summed E-state index contributed by atoms with van der Waals surface area (Å²) in [4.78, 5) is 10.8. The number of fused-ring (bicyclic) bond motifs is 1. The van der Waals surface area contributed by atoms with Crippen LogP contribution in [0.1, 0.15) is 20.8 Å². The van der Waals surface area contributed by atoms with Crippen LogP contribution in [-0.2, 0) is 19.0 Å². The van der Waals surface area contributed by atoms with Crippen LogP contribution in [0, 0.1) is 0 Å². The summed E-state index contributed by atoms with van der Waals surface area (Å²) in [6, 6.07) is 0. The normalized spacial score (nSPS) is 37.7. The highest BCUT2D eigenvalue weighted by molar-refractivity contribution is 5.72. The van der Waals surface area contributed by atoms with Crippen LogP contribution in [0.15, 0.2) is 0 Å².